The molecule has 1 aliphatic heterocycles. The predicted molar refractivity (Wildman–Crippen MR) is 98.5 cm³/mol. The molecule has 5 nitrogen and oxygen atoms in total. The maximum Gasteiger partial charge on any atom is 0.191 e. The molecule has 0 radical (unpaired) electrons. The fourth-order valence-corrected chi connectivity index (χ4v) is 3.15. The van der Waals surface area contributed by atoms with Gasteiger partial charge in [-0.2, -0.15) is 0 Å². The first-order chi connectivity index (χ1) is 12.2. The Morgan fingerprint density at radius 1 is 1.36 bits per heavy atom. The molecule has 1 aromatic carbocycles. The van der Waals surface area contributed by atoms with E-state index in [4.69, 9.17) is 4.42 Å². The quantitative estimate of drug-likeness (QED) is 0.647. The highest BCUT2D eigenvalue weighted by Gasteiger charge is 2.21. The van der Waals surface area contributed by atoms with Crippen molar-refractivity contribution in [1.82, 2.24) is 10.6 Å². The van der Waals surface area contributed by atoms with E-state index in [2.05, 4.69) is 20.5 Å². The topological polar surface area (TPSA) is 52.8 Å². The standard InChI is InChI=1S/C19H25FN4O/c1-21-19(22-10-9-18-8-4-12-25-18)23-16-6-3-11-24(14-16)17-7-2-5-15(20)13-17/h2,4-5,7-8,12-13,16H,3,6,9-11,14H2,1H3,(H2,21,22,23). The summed E-state index contributed by atoms with van der Waals surface area (Å²) < 4.78 is 18.8. The highest BCUT2D eigenvalue weighted by atomic mass is 19.1. The van der Waals surface area contributed by atoms with E-state index in [9.17, 15) is 4.39 Å². The average Bonchev–Trinajstić information content (AvgIpc) is 3.14. The van der Waals surface area contributed by atoms with E-state index >= 15 is 0 Å². The highest BCUT2D eigenvalue weighted by Crippen LogP contribution is 2.20. The molecule has 3 rings (SSSR count). The molecule has 0 aliphatic carbocycles. The van der Waals surface area contributed by atoms with Crippen LogP contribution in [0, 0.1) is 5.82 Å². The van der Waals surface area contributed by atoms with Gasteiger partial charge in [0.25, 0.3) is 0 Å². The van der Waals surface area contributed by atoms with Crippen LogP contribution in [0.5, 0.6) is 0 Å². The van der Waals surface area contributed by atoms with Crippen molar-refractivity contribution in [3.05, 3.63) is 54.2 Å². The number of rotatable bonds is 5. The van der Waals surface area contributed by atoms with Crippen LogP contribution in [0.4, 0.5) is 10.1 Å². The van der Waals surface area contributed by atoms with Gasteiger partial charge in [-0.25, -0.2) is 4.39 Å². The molecule has 25 heavy (non-hydrogen) atoms. The maximum atomic E-state index is 13.5. The monoisotopic (exact) mass is 344 g/mol. The lowest BCUT2D eigenvalue weighted by Gasteiger charge is -2.35. The molecule has 0 saturated carbocycles. The van der Waals surface area contributed by atoms with Gasteiger partial charge in [-0.15, -0.1) is 0 Å². The van der Waals surface area contributed by atoms with Crippen LogP contribution in [0.2, 0.25) is 0 Å². The van der Waals surface area contributed by atoms with Crippen LogP contribution in [0.3, 0.4) is 0 Å². The summed E-state index contributed by atoms with van der Waals surface area (Å²) in [5, 5.41) is 6.79. The number of furan rings is 1. The fourth-order valence-electron chi connectivity index (χ4n) is 3.15. The third-order valence-corrected chi connectivity index (χ3v) is 4.40. The van der Waals surface area contributed by atoms with E-state index in [1.54, 1.807) is 25.4 Å². The van der Waals surface area contributed by atoms with Crippen LogP contribution in [0.15, 0.2) is 52.1 Å². The Balaban J connectivity index is 1.50. The van der Waals surface area contributed by atoms with Gasteiger partial charge in [-0.05, 0) is 43.2 Å². The largest absolute Gasteiger partial charge is 0.469 e. The van der Waals surface area contributed by atoms with Crippen molar-refractivity contribution >= 4 is 11.6 Å². The van der Waals surface area contributed by atoms with Crippen molar-refractivity contribution in [2.24, 2.45) is 4.99 Å². The van der Waals surface area contributed by atoms with Gasteiger partial charge in [0.2, 0.25) is 0 Å². The normalized spacial score (nSPS) is 18.2. The number of aliphatic imine (C=N–C) groups is 1. The number of hydrogen-bond donors (Lipinski definition) is 2. The molecule has 2 N–H and O–H groups in total. The van der Waals surface area contributed by atoms with Gasteiger partial charge in [0.15, 0.2) is 5.96 Å². The third-order valence-electron chi connectivity index (χ3n) is 4.40. The maximum absolute atomic E-state index is 13.5. The zero-order valence-electron chi connectivity index (χ0n) is 14.5. The average molecular weight is 344 g/mol. The van der Waals surface area contributed by atoms with E-state index < -0.39 is 0 Å². The Bertz CT molecular complexity index is 686. The summed E-state index contributed by atoms with van der Waals surface area (Å²) in [5.41, 5.74) is 0.937. The van der Waals surface area contributed by atoms with Gasteiger partial charge in [0, 0.05) is 44.8 Å². The molecule has 134 valence electrons. The van der Waals surface area contributed by atoms with Crippen LogP contribution >= 0.6 is 0 Å². The van der Waals surface area contributed by atoms with Crippen LogP contribution in [-0.4, -0.2) is 38.7 Å². The molecule has 1 unspecified atom stereocenters. The summed E-state index contributed by atoms with van der Waals surface area (Å²) in [7, 11) is 1.77. The summed E-state index contributed by atoms with van der Waals surface area (Å²) in [6.45, 7) is 2.54. The lowest BCUT2D eigenvalue weighted by molar-refractivity contribution is 0.466. The van der Waals surface area contributed by atoms with Crippen LogP contribution in [0.25, 0.3) is 0 Å². The van der Waals surface area contributed by atoms with E-state index in [-0.39, 0.29) is 11.9 Å². The number of halogens is 1. The summed E-state index contributed by atoms with van der Waals surface area (Å²) in [4.78, 5) is 6.52. The Morgan fingerprint density at radius 3 is 3.04 bits per heavy atom. The Labute approximate surface area is 147 Å². The van der Waals surface area contributed by atoms with Crippen LogP contribution in [0.1, 0.15) is 18.6 Å². The minimum Gasteiger partial charge on any atom is -0.469 e. The molecule has 0 spiro atoms. The summed E-state index contributed by atoms with van der Waals surface area (Å²) in [6, 6.07) is 10.9. The number of benzene rings is 1. The van der Waals surface area contributed by atoms with Crippen molar-refractivity contribution < 1.29 is 8.81 Å². The van der Waals surface area contributed by atoms with Gasteiger partial charge >= 0.3 is 0 Å². The first-order valence-corrected chi connectivity index (χ1v) is 8.74. The minimum absolute atomic E-state index is 0.192. The van der Waals surface area contributed by atoms with Gasteiger partial charge in [0.05, 0.1) is 6.26 Å². The smallest absolute Gasteiger partial charge is 0.191 e. The molecule has 2 heterocycles. The van der Waals surface area contributed by atoms with Crippen molar-refractivity contribution in [3.63, 3.8) is 0 Å². The van der Waals surface area contributed by atoms with Crippen LogP contribution < -0.4 is 15.5 Å². The molecular weight excluding hydrogens is 319 g/mol. The van der Waals surface area contributed by atoms with Crippen molar-refractivity contribution in [3.8, 4) is 0 Å². The molecule has 0 bridgehead atoms. The number of guanidine groups is 1. The van der Waals surface area contributed by atoms with Gasteiger partial charge in [-0.1, -0.05) is 6.07 Å². The molecule has 1 saturated heterocycles. The molecule has 0 amide bonds. The molecular formula is C19H25FN4O. The minimum atomic E-state index is -0.192. The Hall–Kier alpha value is -2.50. The zero-order chi connectivity index (χ0) is 17.5. The lowest BCUT2D eigenvalue weighted by atomic mass is 10.0. The Kier molecular flexibility index (Phi) is 5.93. The molecule has 6 heteroatoms. The van der Waals surface area contributed by atoms with E-state index in [0.717, 1.165) is 56.3 Å². The predicted octanol–water partition coefficient (Wildman–Crippen LogP) is 2.80. The second-order valence-electron chi connectivity index (χ2n) is 6.24. The Morgan fingerprint density at radius 2 is 2.28 bits per heavy atom. The summed E-state index contributed by atoms with van der Waals surface area (Å²) in [6.07, 6.45) is 4.64. The molecule has 1 aromatic heterocycles. The fraction of sp³-hybridized carbons (Fsp3) is 0.421. The summed E-state index contributed by atoms with van der Waals surface area (Å²) >= 11 is 0. The second-order valence-corrected chi connectivity index (χ2v) is 6.24. The van der Waals surface area contributed by atoms with Crippen molar-refractivity contribution in [1.29, 1.82) is 0 Å². The SMILES string of the molecule is CN=C(NCCc1ccco1)NC1CCCN(c2cccc(F)c2)C1. The highest BCUT2D eigenvalue weighted by molar-refractivity contribution is 5.80. The van der Waals surface area contributed by atoms with Crippen molar-refractivity contribution in [2.75, 3.05) is 31.6 Å². The first-order valence-electron chi connectivity index (χ1n) is 8.74. The number of anilines is 1. The molecule has 1 aliphatic rings. The lowest BCUT2D eigenvalue weighted by Crippen LogP contribution is -2.51. The van der Waals surface area contributed by atoms with Gasteiger partial charge in [-0.3, -0.25) is 4.99 Å². The molecule has 2 aromatic rings. The van der Waals surface area contributed by atoms with Crippen LogP contribution in [-0.2, 0) is 6.42 Å². The summed E-state index contributed by atoms with van der Waals surface area (Å²) in [5.74, 6) is 1.55. The third kappa shape index (κ3) is 4.98. The van der Waals surface area contributed by atoms with E-state index in [0.29, 0.717) is 0 Å². The van der Waals surface area contributed by atoms with E-state index in [1.165, 1.54) is 6.07 Å². The number of hydrogen-bond acceptors (Lipinski definition) is 3. The number of nitrogens with one attached hydrogen (secondary N) is 2. The van der Waals surface area contributed by atoms with E-state index in [1.807, 2.05) is 18.2 Å². The molecule has 1 fully saturated rings. The molecule has 1 atom stereocenters. The zero-order valence-corrected chi connectivity index (χ0v) is 14.5. The van der Waals surface area contributed by atoms with Gasteiger partial charge in [0.1, 0.15) is 11.6 Å². The van der Waals surface area contributed by atoms with Gasteiger partial charge < -0.3 is 20.0 Å². The number of nitrogens with zero attached hydrogens (tertiary/aromatic N) is 2. The number of piperidine rings is 1. The first kappa shape index (κ1) is 17.3. The second kappa shape index (κ2) is 8.55. The van der Waals surface area contributed by atoms with Crippen molar-refractivity contribution in [2.45, 2.75) is 25.3 Å².